The molecule has 168 valence electrons. The average Bonchev–Trinajstić information content (AvgIpc) is 3.22. The first-order valence-electron chi connectivity index (χ1n) is 11.4. The third-order valence-electron chi connectivity index (χ3n) is 5.67. The number of carbonyl (C=O) groups is 1. The van der Waals surface area contributed by atoms with Gasteiger partial charge in [-0.2, -0.15) is 5.10 Å². The summed E-state index contributed by atoms with van der Waals surface area (Å²) in [5.41, 5.74) is 2.13. The number of nitrogens with one attached hydrogen (secondary N) is 2. The predicted octanol–water partition coefficient (Wildman–Crippen LogP) is 3.93. The van der Waals surface area contributed by atoms with Gasteiger partial charge in [0.25, 0.3) is 0 Å². The summed E-state index contributed by atoms with van der Waals surface area (Å²) in [5.74, 6) is 2.26. The van der Waals surface area contributed by atoms with Gasteiger partial charge in [-0.1, -0.05) is 61.9 Å². The van der Waals surface area contributed by atoms with Gasteiger partial charge in [-0.3, -0.25) is 14.8 Å². The Balaban J connectivity index is 1.29. The van der Waals surface area contributed by atoms with Crippen LogP contribution in [0.1, 0.15) is 44.0 Å². The number of hydrogen-bond acceptors (Lipinski definition) is 5. The molecule has 2 heterocycles. The fourth-order valence-corrected chi connectivity index (χ4v) is 3.93. The van der Waals surface area contributed by atoms with Crippen LogP contribution in [0.4, 0.5) is 0 Å². The minimum absolute atomic E-state index is 0.00576. The largest absolute Gasteiger partial charge is 0.489 e. The Labute approximate surface area is 189 Å². The third-order valence-corrected chi connectivity index (χ3v) is 5.67. The molecule has 0 saturated heterocycles. The number of H-pyrrole nitrogens is 1. The highest BCUT2D eigenvalue weighted by Crippen LogP contribution is 2.26. The molecule has 0 aliphatic carbocycles. The van der Waals surface area contributed by atoms with Gasteiger partial charge in [-0.15, -0.1) is 0 Å². The number of unbranched alkanes of at least 4 members (excludes halogenated alkanes) is 1. The van der Waals surface area contributed by atoms with E-state index in [4.69, 9.17) is 4.74 Å². The van der Waals surface area contributed by atoms with Crippen LogP contribution in [0.2, 0.25) is 0 Å². The summed E-state index contributed by atoms with van der Waals surface area (Å²) in [4.78, 5) is 19.3. The van der Waals surface area contributed by atoms with Crippen molar-refractivity contribution in [3.05, 3.63) is 66.0 Å². The first kappa shape index (κ1) is 22.0. The number of para-hydroxylation sites is 1. The molecule has 1 aliphatic rings. The van der Waals surface area contributed by atoms with Crippen LogP contribution in [0.3, 0.4) is 0 Å². The van der Waals surface area contributed by atoms with Crippen molar-refractivity contribution in [2.75, 3.05) is 13.1 Å². The van der Waals surface area contributed by atoms with Crippen LogP contribution < -0.4 is 10.1 Å². The molecule has 3 aromatic rings. The first-order valence-corrected chi connectivity index (χ1v) is 11.4. The maximum Gasteiger partial charge on any atom is 0.221 e. The van der Waals surface area contributed by atoms with Crippen LogP contribution in [-0.4, -0.2) is 45.2 Å². The lowest BCUT2D eigenvalue weighted by Crippen LogP contribution is -2.36. The minimum Gasteiger partial charge on any atom is -0.489 e. The van der Waals surface area contributed by atoms with Gasteiger partial charge in [0.15, 0.2) is 5.82 Å². The lowest BCUT2D eigenvalue weighted by Gasteiger charge is -2.23. The van der Waals surface area contributed by atoms with E-state index in [2.05, 4.69) is 38.4 Å². The Morgan fingerprint density at radius 1 is 1.19 bits per heavy atom. The molecule has 1 unspecified atom stereocenters. The van der Waals surface area contributed by atoms with Crippen molar-refractivity contribution in [3.8, 4) is 17.1 Å². The maximum atomic E-state index is 12.5. The smallest absolute Gasteiger partial charge is 0.221 e. The number of nitrogens with zero attached hydrogens (tertiary/aromatic N) is 3. The van der Waals surface area contributed by atoms with Crippen LogP contribution >= 0.6 is 0 Å². The number of ether oxygens (including phenoxy) is 1. The molecule has 0 radical (unpaired) electrons. The molecule has 1 aliphatic heterocycles. The molecular formula is C25H31N5O2. The third kappa shape index (κ3) is 5.95. The topological polar surface area (TPSA) is 83.1 Å². The van der Waals surface area contributed by atoms with Gasteiger partial charge in [0.05, 0.1) is 6.54 Å². The fourth-order valence-electron chi connectivity index (χ4n) is 3.93. The van der Waals surface area contributed by atoms with E-state index in [9.17, 15) is 4.79 Å². The summed E-state index contributed by atoms with van der Waals surface area (Å²) >= 11 is 0. The predicted molar refractivity (Wildman–Crippen MR) is 124 cm³/mol. The zero-order valence-corrected chi connectivity index (χ0v) is 18.6. The standard InChI is InChI=1S/C25H31N5O2/c1-2-3-12-21-18-30(17-20-11-7-8-13-22(20)32-21)15-14-24(31)26-16-23-27-25(29-28-23)19-9-5-4-6-10-19/h4-11,13,21H,2-3,12,14-18H2,1H3,(H,26,31)(H,27,28,29). The molecule has 2 aromatic carbocycles. The SMILES string of the molecule is CCCCC1CN(CCC(=O)NCc2nc(-c3ccccc3)n[nH]2)Cc2ccccc2O1. The summed E-state index contributed by atoms with van der Waals surface area (Å²) in [6.07, 6.45) is 3.92. The molecule has 2 N–H and O–H groups in total. The van der Waals surface area contributed by atoms with Gasteiger partial charge in [-0.25, -0.2) is 4.98 Å². The lowest BCUT2D eigenvalue weighted by atomic mass is 10.1. The highest BCUT2D eigenvalue weighted by molar-refractivity contribution is 5.76. The molecule has 1 atom stereocenters. The summed E-state index contributed by atoms with van der Waals surface area (Å²) in [7, 11) is 0. The number of aromatic nitrogens is 3. The van der Waals surface area contributed by atoms with E-state index < -0.39 is 0 Å². The monoisotopic (exact) mass is 433 g/mol. The Bertz CT molecular complexity index is 1000. The Morgan fingerprint density at radius 2 is 2.00 bits per heavy atom. The van der Waals surface area contributed by atoms with Crippen molar-refractivity contribution in [1.82, 2.24) is 25.4 Å². The molecule has 32 heavy (non-hydrogen) atoms. The number of fused-ring (bicyclic) bond motifs is 1. The molecular weight excluding hydrogens is 402 g/mol. The number of hydrogen-bond donors (Lipinski definition) is 2. The van der Waals surface area contributed by atoms with Crippen molar-refractivity contribution >= 4 is 5.91 Å². The van der Waals surface area contributed by atoms with Gasteiger partial charge >= 0.3 is 0 Å². The van der Waals surface area contributed by atoms with E-state index in [0.717, 1.165) is 43.7 Å². The fraction of sp³-hybridized carbons (Fsp3) is 0.400. The molecule has 1 aromatic heterocycles. The number of aromatic amines is 1. The summed E-state index contributed by atoms with van der Waals surface area (Å²) in [5, 5.41) is 10.1. The van der Waals surface area contributed by atoms with Gasteiger partial charge < -0.3 is 10.1 Å². The van der Waals surface area contributed by atoms with Crippen LogP contribution in [0.5, 0.6) is 5.75 Å². The van der Waals surface area contributed by atoms with E-state index in [-0.39, 0.29) is 12.0 Å². The highest BCUT2D eigenvalue weighted by atomic mass is 16.5. The van der Waals surface area contributed by atoms with E-state index in [1.165, 1.54) is 5.56 Å². The zero-order valence-electron chi connectivity index (χ0n) is 18.6. The van der Waals surface area contributed by atoms with Crippen LogP contribution in [0, 0.1) is 0 Å². The van der Waals surface area contributed by atoms with Crippen LogP contribution in [-0.2, 0) is 17.9 Å². The minimum atomic E-state index is 0.00576. The molecule has 1 amide bonds. The molecule has 7 nitrogen and oxygen atoms in total. The van der Waals surface area contributed by atoms with Gasteiger partial charge in [-0.05, 0) is 18.9 Å². The second-order valence-corrected chi connectivity index (χ2v) is 8.22. The number of amides is 1. The summed E-state index contributed by atoms with van der Waals surface area (Å²) in [6, 6.07) is 18.0. The Kier molecular flexibility index (Phi) is 7.51. The number of carbonyl (C=O) groups excluding carboxylic acids is 1. The second kappa shape index (κ2) is 10.9. The molecule has 0 saturated carbocycles. The van der Waals surface area contributed by atoms with Crippen molar-refractivity contribution in [2.45, 2.75) is 51.8 Å². The first-order chi connectivity index (χ1) is 15.7. The molecule has 7 heteroatoms. The van der Waals surface area contributed by atoms with E-state index in [1.54, 1.807) is 0 Å². The van der Waals surface area contributed by atoms with Crippen molar-refractivity contribution < 1.29 is 9.53 Å². The van der Waals surface area contributed by atoms with E-state index >= 15 is 0 Å². The number of benzene rings is 2. The quantitative estimate of drug-likeness (QED) is 0.534. The van der Waals surface area contributed by atoms with Crippen molar-refractivity contribution in [1.29, 1.82) is 0 Å². The molecule has 4 rings (SSSR count). The maximum absolute atomic E-state index is 12.5. The zero-order chi connectivity index (χ0) is 22.2. The Hall–Kier alpha value is -3.19. The van der Waals surface area contributed by atoms with Crippen molar-refractivity contribution in [2.24, 2.45) is 0 Å². The Morgan fingerprint density at radius 3 is 2.84 bits per heavy atom. The average molecular weight is 434 g/mol. The van der Waals surface area contributed by atoms with Crippen LogP contribution in [0.25, 0.3) is 11.4 Å². The molecule has 0 bridgehead atoms. The second-order valence-electron chi connectivity index (χ2n) is 8.22. The number of rotatable bonds is 9. The molecule has 0 fully saturated rings. The van der Waals surface area contributed by atoms with E-state index in [1.807, 2.05) is 48.5 Å². The summed E-state index contributed by atoms with van der Waals surface area (Å²) in [6.45, 7) is 4.87. The van der Waals surface area contributed by atoms with Gasteiger partial charge in [0, 0.05) is 37.2 Å². The van der Waals surface area contributed by atoms with Crippen LogP contribution in [0.15, 0.2) is 54.6 Å². The van der Waals surface area contributed by atoms with Gasteiger partial charge in [0.2, 0.25) is 5.91 Å². The van der Waals surface area contributed by atoms with Gasteiger partial charge in [0.1, 0.15) is 17.7 Å². The summed E-state index contributed by atoms with van der Waals surface area (Å²) < 4.78 is 6.28. The molecule has 0 spiro atoms. The highest BCUT2D eigenvalue weighted by Gasteiger charge is 2.22. The lowest BCUT2D eigenvalue weighted by molar-refractivity contribution is -0.121. The van der Waals surface area contributed by atoms with E-state index in [0.29, 0.717) is 31.2 Å². The normalized spacial score (nSPS) is 16.1. The van der Waals surface area contributed by atoms with Crippen molar-refractivity contribution in [3.63, 3.8) is 0 Å².